The summed E-state index contributed by atoms with van der Waals surface area (Å²) in [4.78, 5) is 25.6. The first-order valence-electron chi connectivity index (χ1n) is 13.6. The lowest BCUT2D eigenvalue weighted by atomic mass is 10.00. The van der Waals surface area contributed by atoms with E-state index in [9.17, 15) is 4.79 Å². The summed E-state index contributed by atoms with van der Waals surface area (Å²) in [5.74, 6) is 2.01. The number of aromatic nitrogens is 4. The molecule has 1 aliphatic carbocycles. The molecule has 3 heterocycles. The van der Waals surface area contributed by atoms with Crippen LogP contribution in [0.1, 0.15) is 25.3 Å². The zero-order valence-electron chi connectivity index (χ0n) is 22.8. The second-order valence-electron chi connectivity index (χ2n) is 10.5. The highest BCUT2D eigenvalue weighted by Crippen LogP contribution is 2.43. The van der Waals surface area contributed by atoms with Gasteiger partial charge in [0, 0.05) is 31.3 Å². The number of nitrogen functional groups attached to an aromatic ring is 1. The highest BCUT2D eigenvalue weighted by Gasteiger charge is 2.34. The Hall–Kier alpha value is -4.50. The summed E-state index contributed by atoms with van der Waals surface area (Å²) in [5, 5.41) is 5.84. The first-order chi connectivity index (χ1) is 19.5. The van der Waals surface area contributed by atoms with Gasteiger partial charge >= 0.3 is 0 Å². The van der Waals surface area contributed by atoms with Crippen molar-refractivity contribution in [2.24, 2.45) is 0 Å². The average Bonchev–Trinajstić information content (AvgIpc) is 3.56. The number of carbonyl (C=O) groups is 1. The number of nitrogens with zero attached hydrogens (tertiary/aromatic N) is 6. The maximum atomic E-state index is 12.8. The minimum atomic E-state index is 0.0730. The summed E-state index contributed by atoms with van der Waals surface area (Å²) >= 11 is 0. The molecule has 204 valence electrons. The van der Waals surface area contributed by atoms with Crippen LogP contribution in [-0.4, -0.2) is 69.2 Å². The third-order valence-electron chi connectivity index (χ3n) is 7.57. The fourth-order valence-electron chi connectivity index (χ4n) is 5.62. The molecule has 6 rings (SSSR count). The Balaban J connectivity index is 1.27. The van der Waals surface area contributed by atoms with Gasteiger partial charge < -0.3 is 20.3 Å². The average molecular weight is 536 g/mol. The lowest BCUT2D eigenvalue weighted by Crippen LogP contribution is -2.36. The number of hydrogen-bond acceptors (Lipinski definition) is 7. The van der Waals surface area contributed by atoms with Gasteiger partial charge in [-0.05, 0) is 80.9 Å². The Bertz CT molecular complexity index is 1590. The summed E-state index contributed by atoms with van der Waals surface area (Å²) in [6, 6.07) is 17.6. The van der Waals surface area contributed by atoms with Crippen LogP contribution in [0.25, 0.3) is 22.3 Å². The fraction of sp³-hybridized carbons (Fsp3) is 0.290. The Morgan fingerprint density at radius 2 is 1.85 bits per heavy atom. The standard InChI is InChI=1S/C31H33N7O2/c1-36(2)17-6-9-27(39)37-18-16-25-22(19-37)12-15-26(25)38-31-28(30(32)33-20-34-31)29(35-38)21-10-13-24(14-11-21)40-23-7-4-3-5-8-23/h3-11,13-14,20,26H,12,15-19H2,1-2H3,(H2,32,33,34)/b9-6+. The van der Waals surface area contributed by atoms with E-state index >= 15 is 0 Å². The largest absolute Gasteiger partial charge is 0.457 e. The molecule has 9 nitrogen and oxygen atoms in total. The van der Waals surface area contributed by atoms with Crippen LogP contribution in [-0.2, 0) is 4.79 Å². The van der Waals surface area contributed by atoms with E-state index in [2.05, 4.69) is 9.97 Å². The van der Waals surface area contributed by atoms with E-state index in [4.69, 9.17) is 15.6 Å². The van der Waals surface area contributed by atoms with E-state index in [0.29, 0.717) is 18.9 Å². The molecule has 0 spiro atoms. The molecule has 0 saturated carbocycles. The molecular formula is C31H33N7O2. The number of hydrogen-bond donors (Lipinski definition) is 1. The maximum absolute atomic E-state index is 12.8. The zero-order valence-corrected chi connectivity index (χ0v) is 22.8. The molecular weight excluding hydrogens is 502 g/mol. The first kappa shape index (κ1) is 25.8. The van der Waals surface area contributed by atoms with Crippen molar-refractivity contribution >= 4 is 22.8 Å². The van der Waals surface area contributed by atoms with Crippen molar-refractivity contribution in [1.29, 1.82) is 0 Å². The molecule has 1 unspecified atom stereocenters. The van der Waals surface area contributed by atoms with E-state index < -0.39 is 0 Å². The van der Waals surface area contributed by atoms with Crippen LogP contribution in [0, 0.1) is 0 Å². The quantitative estimate of drug-likeness (QED) is 0.267. The molecule has 4 aromatic rings. The maximum Gasteiger partial charge on any atom is 0.246 e. The summed E-state index contributed by atoms with van der Waals surface area (Å²) in [6.07, 6.45) is 7.81. The second-order valence-corrected chi connectivity index (χ2v) is 10.5. The van der Waals surface area contributed by atoms with E-state index in [1.807, 2.05) is 89.3 Å². The number of nitrogens with two attached hydrogens (primary N) is 1. The van der Waals surface area contributed by atoms with Gasteiger partial charge in [0.2, 0.25) is 5.91 Å². The van der Waals surface area contributed by atoms with Gasteiger partial charge in [-0.1, -0.05) is 24.3 Å². The molecule has 0 bridgehead atoms. The molecule has 0 saturated heterocycles. The van der Waals surface area contributed by atoms with E-state index in [-0.39, 0.29) is 11.9 Å². The van der Waals surface area contributed by atoms with E-state index in [1.54, 1.807) is 6.08 Å². The van der Waals surface area contributed by atoms with Gasteiger partial charge in [-0.15, -0.1) is 0 Å². The van der Waals surface area contributed by atoms with Crippen molar-refractivity contribution in [3.63, 3.8) is 0 Å². The topological polar surface area (TPSA) is 102 Å². The number of rotatable bonds is 7. The monoisotopic (exact) mass is 535 g/mol. The van der Waals surface area contributed by atoms with Gasteiger partial charge in [0.1, 0.15) is 29.3 Å². The van der Waals surface area contributed by atoms with Crippen LogP contribution in [0.3, 0.4) is 0 Å². The molecule has 2 aromatic heterocycles. The lowest BCUT2D eigenvalue weighted by molar-refractivity contribution is -0.125. The molecule has 9 heteroatoms. The van der Waals surface area contributed by atoms with Crippen LogP contribution in [0.15, 0.2) is 84.2 Å². The fourth-order valence-corrected chi connectivity index (χ4v) is 5.62. The predicted octanol–water partition coefficient (Wildman–Crippen LogP) is 4.85. The van der Waals surface area contributed by atoms with Crippen molar-refractivity contribution in [3.05, 3.63) is 84.2 Å². The number of benzene rings is 2. The van der Waals surface area contributed by atoms with Crippen LogP contribution >= 0.6 is 0 Å². The Kier molecular flexibility index (Phi) is 7.04. The van der Waals surface area contributed by atoms with Gasteiger partial charge in [-0.2, -0.15) is 5.10 Å². The third-order valence-corrected chi connectivity index (χ3v) is 7.57. The molecule has 0 fully saturated rings. The van der Waals surface area contributed by atoms with Crippen molar-refractivity contribution in [1.82, 2.24) is 29.5 Å². The molecule has 2 N–H and O–H groups in total. The lowest BCUT2D eigenvalue weighted by Gasteiger charge is -2.29. The third kappa shape index (κ3) is 5.08. The number of likely N-dealkylation sites (N-methyl/N-ethyl adjacent to an activating group) is 1. The smallest absolute Gasteiger partial charge is 0.246 e. The molecule has 2 aromatic carbocycles. The predicted molar refractivity (Wildman–Crippen MR) is 156 cm³/mol. The number of fused-ring (bicyclic) bond motifs is 1. The van der Waals surface area contributed by atoms with Gasteiger partial charge in [0.05, 0.1) is 11.4 Å². The normalized spacial score (nSPS) is 17.3. The van der Waals surface area contributed by atoms with Crippen molar-refractivity contribution in [3.8, 4) is 22.8 Å². The molecule has 1 atom stereocenters. The Labute approximate surface area is 233 Å². The summed E-state index contributed by atoms with van der Waals surface area (Å²) in [5.41, 5.74) is 11.5. The van der Waals surface area contributed by atoms with Crippen molar-refractivity contribution in [2.75, 3.05) is 39.5 Å². The number of amides is 1. The molecule has 1 aliphatic heterocycles. The van der Waals surface area contributed by atoms with Gasteiger partial charge in [0.15, 0.2) is 5.65 Å². The summed E-state index contributed by atoms with van der Waals surface area (Å²) in [7, 11) is 3.98. The number of carbonyl (C=O) groups excluding carboxylic acids is 1. The van der Waals surface area contributed by atoms with Crippen molar-refractivity contribution < 1.29 is 9.53 Å². The minimum absolute atomic E-state index is 0.0730. The summed E-state index contributed by atoms with van der Waals surface area (Å²) < 4.78 is 7.99. The second kappa shape index (κ2) is 10.9. The zero-order chi connectivity index (χ0) is 27.6. The highest BCUT2D eigenvalue weighted by atomic mass is 16.5. The van der Waals surface area contributed by atoms with Crippen LogP contribution in [0.4, 0.5) is 5.82 Å². The SMILES string of the molecule is CN(C)C/C=C/C(=O)N1CCC2=C(CCC2n2nc(-c3ccc(Oc4ccccc4)cc3)c3c(N)ncnc32)C1. The minimum Gasteiger partial charge on any atom is -0.457 e. The highest BCUT2D eigenvalue weighted by molar-refractivity contribution is 5.98. The van der Waals surface area contributed by atoms with Gasteiger partial charge in [0.25, 0.3) is 0 Å². The van der Waals surface area contributed by atoms with Gasteiger partial charge in [-0.3, -0.25) is 4.79 Å². The molecule has 1 amide bonds. The van der Waals surface area contributed by atoms with Crippen LogP contribution in [0.5, 0.6) is 11.5 Å². The molecule has 40 heavy (non-hydrogen) atoms. The van der Waals surface area contributed by atoms with Crippen LogP contribution in [0.2, 0.25) is 0 Å². The van der Waals surface area contributed by atoms with E-state index in [0.717, 1.165) is 59.6 Å². The Morgan fingerprint density at radius 1 is 1.07 bits per heavy atom. The van der Waals surface area contributed by atoms with Crippen LogP contribution < -0.4 is 10.5 Å². The Morgan fingerprint density at radius 3 is 2.62 bits per heavy atom. The summed E-state index contributed by atoms with van der Waals surface area (Å²) in [6.45, 7) is 2.12. The van der Waals surface area contributed by atoms with E-state index in [1.165, 1.54) is 17.5 Å². The molecule has 2 aliphatic rings. The van der Waals surface area contributed by atoms with Crippen molar-refractivity contribution in [2.45, 2.75) is 25.3 Å². The van der Waals surface area contributed by atoms with Gasteiger partial charge in [-0.25, -0.2) is 14.6 Å². The number of anilines is 1. The number of para-hydroxylation sites is 1. The molecule has 0 radical (unpaired) electrons. The number of ether oxygens (including phenoxy) is 1. The first-order valence-corrected chi connectivity index (χ1v) is 13.6.